The molecule has 1 aromatic carbocycles. The fourth-order valence-electron chi connectivity index (χ4n) is 0.802. The monoisotopic (exact) mass is 209 g/mol. The van der Waals surface area contributed by atoms with Crippen molar-refractivity contribution in [1.29, 1.82) is 0 Å². The number of aryl methyl sites for hydroxylation is 1. The molecule has 0 aliphatic heterocycles. The Kier molecular flexibility index (Phi) is 5.02. The third-order valence-corrected chi connectivity index (χ3v) is 1.36. The number of carbonyl (C=O) groups is 1. The zero-order valence-electron chi connectivity index (χ0n) is 10.1. The minimum atomic E-state index is -1.11. The Hall–Kier alpha value is -1.35. The smallest absolute Gasteiger partial charge is 0.0717 e. The average Bonchev–Trinajstić information content (AvgIpc) is 2.01. The van der Waals surface area contributed by atoms with Gasteiger partial charge in [0.15, 0.2) is 0 Å². The lowest BCUT2D eigenvalue weighted by molar-refractivity contribution is -0.849. The standard InChI is InChI=1S/C8H8O2.C4H12N/c1-6-4-2-3-5-7(6)8(9)10;1-5(2,3)4/h2-5H,1H3,(H,9,10);1-4H3/q;+1/p-1. The van der Waals surface area contributed by atoms with Gasteiger partial charge in [0.25, 0.3) is 0 Å². The van der Waals surface area contributed by atoms with Crippen molar-refractivity contribution >= 4 is 5.97 Å². The second-order valence-electron chi connectivity index (χ2n) is 4.79. The Balaban J connectivity index is 0.000000336. The van der Waals surface area contributed by atoms with Crippen LogP contribution in [0.15, 0.2) is 24.3 Å². The molecule has 0 fully saturated rings. The predicted octanol–water partition coefficient (Wildman–Crippen LogP) is 0.681. The lowest BCUT2D eigenvalue weighted by Gasteiger charge is -2.14. The summed E-state index contributed by atoms with van der Waals surface area (Å²) in [6.07, 6.45) is 0. The van der Waals surface area contributed by atoms with E-state index in [4.69, 9.17) is 0 Å². The summed E-state index contributed by atoms with van der Waals surface area (Å²) in [6.45, 7) is 1.74. The summed E-state index contributed by atoms with van der Waals surface area (Å²) in [7, 11) is 8.50. The first kappa shape index (κ1) is 13.7. The maximum atomic E-state index is 10.3. The number of carboxylic acids is 1. The molecule has 0 bridgehead atoms. The summed E-state index contributed by atoms with van der Waals surface area (Å²) in [5.41, 5.74) is 1.00. The molecule has 0 N–H and O–H groups in total. The molecule has 0 amide bonds. The summed E-state index contributed by atoms with van der Waals surface area (Å²) < 4.78 is 1.00. The third kappa shape index (κ3) is 7.70. The Morgan fingerprint density at radius 3 is 1.80 bits per heavy atom. The highest BCUT2D eigenvalue weighted by molar-refractivity contribution is 5.87. The predicted molar refractivity (Wildman–Crippen MR) is 59.5 cm³/mol. The van der Waals surface area contributed by atoms with Crippen LogP contribution in [0, 0.1) is 6.92 Å². The van der Waals surface area contributed by atoms with Crippen molar-refractivity contribution in [2.75, 3.05) is 28.2 Å². The van der Waals surface area contributed by atoms with E-state index in [1.54, 1.807) is 25.1 Å². The van der Waals surface area contributed by atoms with Gasteiger partial charge in [0, 0.05) is 5.56 Å². The van der Waals surface area contributed by atoms with Crippen molar-refractivity contribution in [3.8, 4) is 0 Å². The molecule has 84 valence electrons. The van der Waals surface area contributed by atoms with Crippen LogP contribution in [-0.4, -0.2) is 38.6 Å². The first-order valence-electron chi connectivity index (χ1n) is 4.77. The maximum absolute atomic E-state index is 10.3. The zero-order valence-corrected chi connectivity index (χ0v) is 10.1. The van der Waals surface area contributed by atoms with E-state index < -0.39 is 5.97 Å². The van der Waals surface area contributed by atoms with E-state index in [1.807, 2.05) is 0 Å². The molecule has 0 spiro atoms. The van der Waals surface area contributed by atoms with Gasteiger partial charge in [-0.15, -0.1) is 0 Å². The topological polar surface area (TPSA) is 40.1 Å². The van der Waals surface area contributed by atoms with Gasteiger partial charge in [-0.05, 0) is 12.5 Å². The Labute approximate surface area is 91.6 Å². The molecule has 0 radical (unpaired) electrons. The van der Waals surface area contributed by atoms with Gasteiger partial charge < -0.3 is 14.4 Å². The van der Waals surface area contributed by atoms with E-state index in [-0.39, 0.29) is 5.56 Å². The van der Waals surface area contributed by atoms with Gasteiger partial charge in [-0.25, -0.2) is 0 Å². The molecule has 0 aromatic heterocycles. The molecule has 15 heavy (non-hydrogen) atoms. The van der Waals surface area contributed by atoms with E-state index >= 15 is 0 Å². The van der Waals surface area contributed by atoms with E-state index in [0.29, 0.717) is 0 Å². The third-order valence-electron chi connectivity index (χ3n) is 1.36. The molecule has 0 aliphatic carbocycles. The number of quaternary nitrogens is 1. The number of carboxylic acid groups (broad SMARTS) is 1. The largest absolute Gasteiger partial charge is 0.545 e. The SMILES string of the molecule is C[N+](C)(C)C.Cc1ccccc1C(=O)[O-]. The minimum Gasteiger partial charge on any atom is -0.545 e. The normalized spacial score (nSPS) is 10.2. The van der Waals surface area contributed by atoms with Crippen LogP contribution in [0.3, 0.4) is 0 Å². The van der Waals surface area contributed by atoms with Crippen LogP contribution in [0.5, 0.6) is 0 Å². The summed E-state index contributed by atoms with van der Waals surface area (Å²) in [5, 5.41) is 10.3. The van der Waals surface area contributed by atoms with Crippen LogP contribution >= 0.6 is 0 Å². The first-order chi connectivity index (χ1) is 6.72. The van der Waals surface area contributed by atoms with Crippen molar-refractivity contribution in [2.24, 2.45) is 0 Å². The second kappa shape index (κ2) is 5.51. The van der Waals surface area contributed by atoms with Gasteiger partial charge >= 0.3 is 0 Å². The number of rotatable bonds is 1. The Morgan fingerprint density at radius 2 is 1.53 bits per heavy atom. The fourth-order valence-corrected chi connectivity index (χ4v) is 0.802. The number of nitrogens with zero attached hydrogens (tertiary/aromatic N) is 1. The van der Waals surface area contributed by atoms with Gasteiger partial charge in [-0.1, -0.05) is 24.3 Å². The number of benzene rings is 1. The number of aromatic carboxylic acids is 1. The van der Waals surface area contributed by atoms with Gasteiger partial charge in [-0.3, -0.25) is 0 Å². The molecular formula is C12H19NO2. The van der Waals surface area contributed by atoms with Gasteiger partial charge in [0.1, 0.15) is 0 Å². The zero-order chi connectivity index (χ0) is 12.1. The van der Waals surface area contributed by atoms with Crippen LogP contribution < -0.4 is 5.11 Å². The van der Waals surface area contributed by atoms with Crippen molar-refractivity contribution in [3.63, 3.8) is 0 Å². The van der Waals surface area contributed by atoms with E-state index in [0.717, 1.165) is 10.0 Å². The van der Waals surface area contributed by atoms with Gasteiger partial charge in [-0.2, -0.15) is 0 Å². The van der Waals surface area contributed by atoms with Crippen LogP contribution in [0.25, 0.3) is 0 Å². The van der Waals surface area contributed by atoms with Crippen LogP contribution in [0.1, 0.15) is 15.9 Å². The Morgan fingerprint density at radius 1 is 1.13 bits per heavy atom. The van der Waals surface area contributed by atoms with Gasteiger partial charge in [0.05, 0.1) is 34.2 Å². The summed E-state index contributed by atoms with van der Waals surface area (Å²) in [4.78, 5) is 10.3. The van der Waals surface area contributed by atoms with Gasteiger partial charge in [0.2, 0.25) is 0 Å². The first-order valence-corrected chi connectivity index (χ1v) is 4.77. The summed E-state index contributed by atoms with van der Waals surface area (Å²) >= 11 is 0. The molecule has 1 aromatic rings. The second-order valence-corrected chi connectivity index (χ2v) is 4.79. The molecular weight excluding hydrogens is 190 g/mol. The lowest BCUT2D eigenvalue weighted by Crippen LogP contribution is -2.27. The maximum Gasteiger partial charge on any atom is 0.0717 e. The molecule has 0 unspecified atom stereocenters. The molecule has 0 heterocycles. The Bertz CT molecular complexity index is 321. The highest BCUT2D eigenvalue weighted by Gasteiger charge is 1.94. The molecule has 0 saturated heterocycles. The van der Waals surface area contributed by atoms with E-state index in [9.17, 15) is 9.90 Å². The highest BCUT2D eigenvalue weighted by Crippen LogP contribution is 2.04. The molecule has 3 nitrogen and oxygen atoms in total. The van der Waals surface area contributed by atoms with Crippen molar-refractivity contribution in [2.45, 2.75) is 6.92 Å². The van der Waals surface area contributed by atoms with Crippen molar-refractivity contribution in [1.82, 2.24) is 0 Å². The molecule has 1 rings (SSSR count). The number of hydrogen-bond acceptors (Lipinski definition) is 2. The average molecular weight is 209 g/mol. The highest BCUT2D eigenvalue weighted by atomic mass is 16.4. The summed E-state index contributed by atoms with van der Waals surface area (Å²) in [5.74, 6) is -1.11. The number of hydrogen-bond donors (Lipinski definition) is 0. The fraction of sp³-hybridized carbons (Fsp3) is 0.417. The lowest BCUT2D eigenvalue weighted by atomic mass is 10.1. The molecule has 0 saturated carbocycles. The van der Waals surface area contributed by atoms with Crippen LogP contribution in [-0.2, 0) is 0 Å². The summed E-state index contributed by atoms with van der Waals surface area (Å²) in [6, 6.07) is 6.75. The molecule has 0 atom stereocenters. The van der Waals surface area contributed by atoms with Crippen LogP contribution in [0.4, 0.5) is 0 Å². The van der Waals surface area contributed by atoms with E-state index in [1.165, 1.54) is 6.07 Å². The van der Waals surface area contributed by atoms with Crippen molar-refractivity contribution < 1.29 is 14.4 Å². The van der Waals surface area contributed by atoms with Crippen molar-refractivity contribution in [3.05, 3.63) is 35.4 Å². The molecule has 3 heteroatoms. The molecule has 0 aliphatic rings. The van der Waals surface area contributed by atoms with E-state index in [2.05, 4.69) is 28.2 Å². The number of carbonyl (C=O) groups excluding carboxylic acids is 1. The minimum absolute atomic E-state index is 0.266. The quantitative estimate of drug-likeness (QED) is 0.638. The van der Waals surface area contributed by atoms with Crippen LogP contribution in [0.2, 0.25) is 0 Å².